The summed E-state index contributed by atoms with van der Waals surface area (Å²) in [6.45, 7) is 1.44. The molecule has 0 radical (unpaired) electrons. The predicted molar refractivity (Wildman–Crippen MR) is 112 cm³/mol. The Morgan fingerprint density at radius 3 is 2.73 bits per heavy atom. The van der Waals surface area contributed by atoms with Crippen molar-refractivity contribution in [2.45, 2.75) is 13.5 Å². The number of nitrogens with zero attached hydrogens (tertiary/aromatic N) is 5. The normalized spacial score (nSPS) is 10.9. The largest absolute Gasteiger partial charge is 0.495 e. The third-order valence-corrected chi connectivity index (χ3v) is 4.69. The van der Waals surface area contributed by atoms with Gasteiger partial charge in [-0.2, -0.15) is 0 Å². The molecule has 1 amide bonds. The number of pyridine rings is 1. The van der Waals surface area contributed by atoms with Gasteiger partial charge in [0.15, 0.2) is 5.65 Å². The lowest BCUT2D eigenvalue weighted by Crippen LogP contribution is -2.28. The summed E-state index contributed by atoms with van der Waals surface area (Å²) in [4.78, 5) is 33.9. The number of fused-ring (bicyclic) bond motifs is 1. The van der Waals surface area contributed by atoms with Gasteiger partial charge >= 0.3 is 5.69 Å². The number of methoxy groups -OCH3 is 1. The summed E-state index contributed by atoms with van der Waals surface area (Å²) in [6.07, 6.45) is 1.66. The van der Waals surface area contributed by atoms with E-state index in [1.165, 1.54) is 11.5 Å². The predicted octanol–water partition coefficient (Wildman–Crippen LogP) is 2.56. The van der Waals surface area contributed by atoms with Gasteiger partial charge < -0.3 is 10.1 Å². The molecule has 4 rings (SSSR count). The van der Waals surface area contributed by atoms with Gasteiger partial charge in [0, 0.05) is 18.0 Å². The molecule has 0 saturated carbocycles. The SMILES string of the molecule is COc1ccc(NC(=O)Cn2nc3cc(-c4ccccn4)nc(C)n3c2=O)cc1Cl. The van der Waals surface area contributed by atoms with Crippen LogP contribution in [0.15, 0.2) is 53.5 Å². The summed E-state index contributed by atoms with van der Waals surface area (Å²) in [7, 11) is 1.51. The number of nitrogens with one attached hydrogen (secondary N) is 1. The second-order valence-electron chi connectivity index (χ2n) is 6.43. The second-order valence-corrected chi connectivity index (χ2v) is 6.84. The highest BCUT2D eigenvalue weighted by Crippen LogP contribution is 2.27. The van der Waals surface area contributed by atoms with E-state index in [9.17, 15) is 9.59 Å². The van der Waals surface area contributed by atoms with Crippen molar-refractivity contribution in [1.29, 1.82) is 0 Å². The molecule has 152 valence electrons. The van der Waals surface area contributed by atoms with Crippen LogP contribution in [0.5, 0.6) is 5.75 Å². The number of anilines is 1. The Morgan fingerprint density at radius 2 is 2.03 bits per heavy atom. The number of halogens is 1. The molecule has 3 aromatic heterocycles. The maximum atomic E-state index is 12.7. The molecule has 0 fully saturated rings. The summed E-state index contributed by atoms with van der Waals surface area (Å²) < 4.78 is 7.53. The van der Waals surface area contributed by atoms with E-state index in [2.05, 4.69) is 20.4 Å². The molecule has 10 heteroatoms. The van der Waals surface area contributed by atoms with Crippen LogP contribution in [0.1, 0.15) is 5.82 Å². The van der Waals surface area contributed by atoms with Crippen LogP contribution in [-0.4, -0.2) is 37.2 Å². The lowest BCUT2D eigenvalue weighted by atomic mass is 10.2. The van der Waals surface area contributed by atoms with Crippen molar-refractivity contribution in [3.05, 3.63) is 70.0 Å². The third-order valence-electron chi connectivity index (χ3n) is 4.39. The molecule has 0 saturated heterocycles. The van der Waals surface area contributed by atoms with E-state index >= 15 is 0 Å². The van der Waals surface area contributed by atoms with Crippen molar-refractivity contribution in [3.8, 4) is 17.1 Å². The standard InChI is InChI=1S/C20H17ClN6O3/c1-12-23-16(15-5-3-4-8-22-15)10-18-25-26(20(29)27(12)18)11-19(28)24-13-6-7-17(30-2)14(21)9-13/h3-10H,11H2,1-2H3,(H,24,28). The fraction of sp³-hybridized carbons (Fsp3) is 0.150. The van der Waals surface area contributed by atoms with Crippen molar-refractivity contribution in [3.63, 3.8) is 0 Å². The summed E-state index contributed by atoms with van der Waals surface area (Å²) >= 11 is 6.08. The monoisotopic (exact) mass is 424 g/mol. The molecular weight excluding hydrogens is 408 g/mol. The number of hydrogen-bond donors (Lipinski definition) is 1. The number of aromatic nitrogens is 5. The summed E-state index contributed by atoms with van der Waals surface area (Å²) in [5, 5.41) is 7.34. The van der Waals surface area contributed by atoms with Crippen LogP contribution in [0, 0.1) is 6.92 Å². The maximum Gasteiger partial charge on any atom is 0.352 e. The van der Waals surface area contributed by atoms with E-state index in [-0.39, 0.29) is 6.54 Å². The number of ether oxygens (including phenoxy) is 1. The van der Waals surface area contributed by atoms with Gasteiger partial charge in [-0.05, 0) is 37.3 Å². The summed E-state index contributed by atoms with van der Waals surface area (Å²) in [6, 6.07) is 12.0. The van der Waals surface area contributed by atoms with Gasteiger partial charge in [0.2, 0.25) is 5.91 Å². The highest BCUT2D eigenvalue weighted by atomic mass is 35.5. The number of aryl methyl sites for hydroxylation is 1. The minimum absolute atomic E-state index is 0.261. The number of carbonyl (C=O) groups excluding carboxylic acids is 1. The van der Waals surface area contributed by atoms with Gasteiger partial charge in [-0.3, -0.25) is 9.78 Å². The molecular formula is C20H17ClN6O3. The first-order valence-electron chi connectivity index (χ1n) is 8.98. The Hall–Kier alpha value is -3.72. The molecule has 0 unspecified atom stereocenters. The van der Waals surface area contributed by atoms with Crippen LogP contribution in [0.4, 0.5) is 5.69 Å². The number of benzene rings is 1. The lowest BCUT2D eigenvalue weighted by Gasteiger charge is -2.07. The van der Waals surface area contributed by atoms with E-state index < -0.39 is 11.6 Å². The quantitative estimate of drug-likeness (QED) is 0.528. The van der Waals surface area contributed by atoms with Crippen molar-refractivity contribution < 1.29 is 9.53 Å². The van der Waals surface area contributed by atoms with Crippen molar-refractivity contribution in [2.75, 3.05) is 12.4 Å². The Balaban J connectivity index is 1.61. The lowest BCUT2D eigenvalue weighted by molar-refractivity contribution is -0.117. The molecule has 30 heavy (non-hydrogen) atoms. The average Bonchev–Trinajstić information content (AvgIpc) is 3.04. The first kappa shape index (κ1) is 19.6. The van der Waals surface area contributed by atoms with Gasteiger partial charge in [0.25, 0.3) is 0 Å². The number of hydrogen-bond acceptors (Lipinski definition) is 6. The molecule has 3 heterocycles. The Morgan fingerprint density at radius 1 is 1.20 bits per heavy atom. The maximum absolute atomic E-state index is 12.7. The number of carbonyl (C=O) groups is 1. The fourth-order valence-electron chi connectivity index (χ4n) is 3.03. The van der Waals surface area contributed by atoms with Crippen molar-refractivity contribution >= 4 is 28.8 Å². The van der Waals surface area contributed by atoms with Crippen LogP contribution in [0.3, 0.4) is 0 Å². The highest BCUT2D eigenvalue weighted by molar-refractivity contribution is 6.32. The van der Waals surface area contributed by atoms with Gasteiger partial charge in [-0.15, -0.1) is 5.10 Å². The van der Waals surface area contributed by atoms with E-state index in [1.807, 2.05) is 18.2 Å². The minimum atomic E-state index is -0.453. The first-order valence-corrected chi connectivity index (χ1v) is 9.36. The van der Waals surface area contributed by atoms with Crippen LogP contribution in [0.25, 0.3) is 17.0 Å². The number of rotatable bonds is 5. The molecule has 0 spiro atoms. The zero-order valence-electron chi connectivity index (χ0n) is 16.2. The zero-order valence-corrected chi connectivity index (χ0v) is 16.9. The molecule has 0 atom stereocenters. The summed E-state index contributed by atoms with van der Waals surface area (Å²) in [5.74, 6) is 0.530. The molecule has 1 N–H and O–H groups in total. The van der Waals surface area contributed by atoms with Gasteiger partial charge in [0.05, 0.1) is 23.5 Å². The first-order chi connectivity index (χ1) is 14.5. The van der Waals surface area contributed by atoms with Crippen LogP contribution in [-0.2, 0) is 11.3 Å². The topological polar surface area (TPSA) is 103 Å². The molecule has 0 bridgehead atoms. The summed E-state index contributed by atoms with van der Waals surface area (Å²) in [5.41, 5.74) is 1.67. The number of amides is 1. The van der Waals surface area contributed by atoms with E-state index in [4.69, 9.17) is 16.3 Å². The Bertz CT molecular complexity index is 1300. The van der Waals surface area contributed by atoms with E-state index in [1.54, 1.807) is 37.4 Å². The minimum Gasteiger partial charge on any atom is -0.495 e. The zero-order chi connectivity index (χ0) is 21.3. The molecule has 0 aliphatic heterocycles. The third kappa shape index (κ3) is 3.74. The molecule has 9 nitrogen and oxygen atoms in total. The smallest absolute Gasteiger partial charge is 0.352 e. The van der Waals surface area contributed by atoms with Crippen LogP contribution >= 0.6 is 11.6 Å². The van der Waals surface area contributed by atoms with Crippen LogP contribution in [0.2, 0.25) is 5.02 Å². The van der Waals surface area contributed by atoms with Gasteiger partial charge in [0.1, 0.15) is 18.1 Å². The molecule has 1 aromatic carbocycles. The van der Waals surface area contributed by atoms with Gasteiger partial charge in [-0.1, -0.05) is 17.7 Å². The average molecular weight is 425 g/mol. The van der Waals surface area contributed by atoms with E-state index in [0.29, 0.717) is 39.3 Å². The Labute approximate surface area is 175 Å². The molecule has 0 aliphatic rings. The molecule has 0 aliphatic carbocycles. The van der Waals surface area contributed by atoms with E-state index in [0.717, 1.165) is 4.68 Å². The van der Waals surface area contributed by atoms with Crippen molar-refractivity contribution in [2.24, 2.45) is 0 Å². The second kappa shape index (κ2) is 7.96. The fourth-order valence-corrected chi connectivity index (χ4v) is 3.29. The van der Waals surface area contributed by atoms with Crippen LogP contribution < -0.4 is 15.7 Å². The van der Waals surface area contributed by atoms with Gasteiger partial charge in [-0.25, -0.2) is 18.9 Å². The molecule has 4 aromatic rings. The van der Waals surface area contributed by atoms with Crippen molar-refractivity contribution in [1.82, 2.24) is 24.1 Å². The highest BCUT2D eigenvalue weighted by Gasteiger charge is 2.15. The Kier molecular flexibility index (Phi) is 5.20.